The van der Waals surface area contributed by atoms with Crippen LogP contribution in [0.2, 0.25) is 0 Å². The van der Waals surface area contributed by atoms with E-state index in [0.717, 1.165) is 26.1 Å². The van der Waals surface area contributed by atoms with E-state index in [1.165, 1.54) is 25.1 Å². The highest BCUT2D eigenvalue weighted by atomic mass is 15.0. The van der Waals surface area contributed by atoms with Crippen LogP contribution >= 0.6 is 0 Å². The third-order valence-electron chi connectivity index (χ3n) is 2.57. The number of nitrogens with zero attached hydrogens (tertiary/aromatic N) is 2. The molecule has 0 bridgehead atoms. The van der Waals surface area contributed by atoms with Crippen molar-refractivity contribution >= 4 is 0 Å². The number of imidazole rings is 1. The van der Waals surface area contributed by atoms with Gasteiger partial charge in [-0.05, 0) is 39.3 Å². The summed E-state index contributed by atoms with van der Waals surface area (Å²) in [6.07, 6.45) is 8.76. The summed E-state index contributed by atoms with van der Waals surface area (Å²) in [4.78, 5) is 4.36. The summed E-state index contributed by atoms with van der Waals surface area (Å²) >= 11 is 0. The molecule has 0 radical (unpaired) electrons. The quantitative estimate of drug-likeness (QED) is 0.665. The van der Waals surface area contributed by atoms with E-state index in [1.54, 1.807) is 0 Å². The van der Waals surface area contributed by atoms with Crippen molar-refractivity contribution in [2.24, 2.45) is 0 Å². The van der Waals surface area contributed by atoms with E-state index in [-0.39, 0.29) is 0 Å². The molecule has 0 saturated carbocycles. The van der Waals surface area contributed by atoms with Crippen LogP contribution in [0.4, 0.5) is 0 Å². The number of aromatic nitrogens is 2. The molecule has 1 heterocycles. The van der Waals surface area contributed by atoms with Crippen LogP contribution in [0.5, 0.6) is 0 Å². The van der Waals surface area contributed by atoms with Gasteiger partial charge in [0.25, 0.3) is 0 Å². The molecule has 1 aromatic heterocycles. The fraction of sp³-hybridized carbons (Fsp3) is 0.750. The standard InChI is InChI=1S/C12H23N3/c1-3-8-13-9-6-5-7-12-14-10-11-15(12)4-2/h10-11,13H,3-9H2,1-2H3. The monoisotopic (exact) mass is 209 g/mol. The molecule has 0 fully saturated rings. The normalized spacial score (nSPS) is 10.8. The smallest absolute Gasteiger partial charge is 0.108 e. The van der Waals surface area contributed by atoms with Crippen molar-refractivity contribution < 1.29 is 0 Å². The minimum Gasteiger partial charge on any atom is -0.335 e. The van der Waals surface area contributed by atoms with Crippen molar-refractivity contribution in [2.45, 2.75) is 46.1 Å². The van der Waals surface area contributed by atoms with Crippen LogP contribution in [-0.2, 0) is 13.0 Å². The minimum absolute atomic E-state index is 1.03. The summed E-state index contributed by atoms with van der Waals surface area (Å²) in [5.74, 6) is 1.23. The van der Waals surface area contributed by atoms with E-state index in [4.69, 9.17) is 0 Å². The molecular weight excluding hydrogens is 186 g/mol. The lowest BCUT2D eigenvalue weighted by molar-refractivity contribution is 0.596. The third-order valence-corrected chi connectivity index (χ3v) is 2.57. The number of hydrogen-bond donors (Lipinski definition) is 1. The summed E-state index contributed by atoms with van der Waals surface area (Å²) < 4.78 is 2.22. The molecule has 0 saturated heterocycles. The van der Waals surface area contributed by atoms with Crippen molar-refractivity contribution in [1.29, 1.82) is 0 Å². The zero-order valence-electron chi connectivity index (χ0n) is 10.00. The zero-order chi connectivity index (χ0) is 10.9. The first-order valence-electron chi connectivity index (χ1n) is 6.09. The zero-order valence-corrected chi connectivity index (χ0v) is 10.00. The van der Waals surface area contributed by atoms with Crippen molar-refractivity contribution in [2.75, 3.05) is 13.1 Å². The Morgan fingerprint density at radius 3 is 2.87 bits per heavy atom. The molecule has 0 aliphatic heterocycles. The molecule has 0 aromatic carbocycles. The predicted octanol–water partition coefficient (Wildman–Crippen LogP) is 2.23. The van der Waals surface area contributed by atoms with Crippen LogP contribution in [0, 0.1) is 0 Å². The van der Waals surface area contributed by atoms with Crippen LogP contribution in [0.1, 0.15) is 38.9 Å². The van der Waals surface area contributed by atoms with Crippen molar-refractivity contribution in [3.63, 3.8) is 0 Å². The van der Waals surface area contributed by atoms with Gasteiger partial charge in [-0.25, -0.2) is 4.98 Å². The summed E-state index contributed by atoms with van der Waals surface area (Å²) in [5, 5.41) is 3.42. The van der Waals surface area contributed by atoms with Gasteiger partial charge in [0.1, 0.15) is 5.82 Å². The first-order valence-corrected chi connectivity index (χ1v) is 6.09. The summed E-state index contributed by atoms with van der Waals surface area (Å²) in [6.45, 7) is 7.67. The molecule has 0 spiro atoms. The maximum atomic E-state index is 4.36. The molecule has 1 rings (SSSR count). The number of aryl methyl sites for hydroxylation is 2. The Kier molecular flexibility index (Phi) is 6.09. The summed E-state index contributed by atoms with van der Waals surface area (Å²) in [5.41, 5.74) is 0. The van der Waals surface area contributed by atoms with Crippen molar-refractivity contribution in [3.8, 4) is 0 Å². The lowest BCUT2D eigenvalue weighted by Crippen LogP contribution is -2.16. The first kappa shape index (κ1) is 12.2. The van der Waals surface area contributed by atoms with Crippen LogP contribution in [0.25, 0.3) is 0 Å². The largest absolute Gasteiger partial charge is 0.335 e. The number of rotatable bonds is 8. The fourth-order valence-electron chi connectivity index (χ4n) is 1.69. The molecule has 0 aliphatic carbocycles. The number of unbranched alkanes of at least 4 members (excludes halogenated alkanes) is 1. The molecule has 0 atom stereocenters. The maximum absolute atomic E-state index is 4.36. The average Bonchev–Trinajstić information content (AvgIpc) is 2.70. The molecule has 86 valence electrons. The van der Waals surface area contributed by atoms with Gasteiger partial charge in [0, 0.05) is 25.4 Å². The van der Waals surface area contributed by atoms with Gasteiger partial charge >= 0.3 is 0 Å². The van der Waals surface area contributed by atoms with Gasteiger partial charge in [-0.3, -0.25) is 0 Å². The highest BCUT2D eigenvalue weighted by molar-refractivity contribution is 4.92. The minimum atomic E-state index is 1.03. The van der Waals surface area contributed by atoms with Crippen LogP contribution in [-0.4, -0.2) is 22.6 Å². The van der Waals surface area contributed by atoms with Gasteiger partial charge in [-0.15, -0.1) is 0 Å². The van der Waals surface area contributed by atoms with Crippen LogP contribution in [0.15, 0.2) is 12.4 Å². The Labute approximate surface area is 92.9 Å². The van der Waals surface area contributed by atoms with Crippen LogP contribution < -0.4 is 5.32 Å². The van der Waals surface area contributed by atoms with Crippen LogP contribution in [0.3, 0.4) is 0 Å². The summed E-state index contributed by atoms with van der Waals surface area (Å²) in [6, 6.07) is 0. The molecular formula is C12H23N3. The molecule has 0 amide bonds. The second-order valence-electron chi connectivity index (χ2n) is 3.84. The highest BCUT2D eigenvalue weighted by Gasteiger charge is 1.99. The highest BCUT2D eigenvalue weighted by Crippen LogP contribution is 2.02. The van der Waals surface area contributed by atoms with Gasteiger partial charge in [-0.2, -0.15) is 0 Å². The third kappa shape index (κ3) is 4.47. The van der Waals surface area contributed by atoms with Crippen molar-refractivity contribution in [1.82, 2.24) is 14.9 Å². The molecule has 3 nitrogen and oxygen atoms in total. The van der Waals surface area contributed by atoms with Gasteiger partial charge in [0.15, 0.2) is 0 Å². The average molecular weight is 209 g/mol. The second kappa shape index (κ2) is 7.46. The Morgan fingerprint density at radius 2 is 2.13 bits per heavy atom. The first-order chi connectivity index (χ1) is 7.38. The maximum Gasteiger partial charge on any atom is 0.108 e. The van der Waals surface area contributed by atoms with Gasteiger partial charge in [0.2, 0.25) is 0 Å². The van der Waals surface area contributed by atoms with E-state index in [9.17, 15) is 0 Å². The Morgan fingerprint density at radius 1 is 1.27 bits per heavy atom. The van der Waals surface area contributed by atoms with E-state index >= 15 is 0 Å². The molecule has 0 unspecified atom stereocenters. The molecule has 3 heteroatoms. The molecule has 1 aromatic rings. The van der Waals surface area contributed by atoms with Gasteiger partial charge < -0.3 is 9.88 Å². The number of nitrogens with one attached hydrogen (secondary N) is 1. The Balaban J connectivity index is 2.09. The lowest BCUT2D eigenvalue weighted by Gasteiger charge is -2.05. The Bertz CT molecular complexity index is 255. The lowest BCUT2D eigenvalue weighted by atomic mass is 10.2. The molecule has 15 heavy (non-hydrogen) atoms. The molecule has 1 N–H and O–H groups in total. The van der Waals surface area contributed by atoms with E-state index < -0.39 is 0 Å². The van der Waals surface area contributed by atoms with Crippen molar-refractivity contribution in [3.05, 3.63) is 18.2 Å². The topological polar surface area (TPSA) is 29.9 Å². The number of hydrogen-bond acceptors (Lipinski definition) is 2. The predicted molar refractivity (Wildman–Crippen MR) is 64.0 cm³/mol. The van der Waals surface area contributed by atoms with E-state index in [0.29, 0.717) is 0 Å². The van der Waals surface area contributed by atoms with E-state index in [2.05, 4.69) is 34.9 Å². The Hall–Kier alpha value is -0.830. The summed E-state index contributed by atoms with van der Waals surface area (Å²) in [7, 11) is 0. The SMILES string of the molecule is CCCNCCCCc1nccn1CC. The van der Waals surface area contributed by atoms with Gasteiger partial charge in [-0.1, -0.05) is 6.92 Å². The fourth-order valence-corrected chi connectivity index (χ4v) is 1.69. The molecule has 0 aliphatic rings. The van der Waals surface area contributed by atoms with E-state index in [1.807, 2.05) is 6.20 Å². The second-order valence-corrected chi connectivity index (χ2v) is 3.84. The van der Waals surface area contributed by atoms with Gasteiger partial charge in [0.05, 0.1) is 0 Å².